The Morgan fingerprint density at radius 2 is 1.94 bits per heavy atom. The summed E-state index contributed by atoms with van der Waals surface area (Å²) in [5.41, 5.74) is 0. The second kappa shape index (κ2) is 3.64. The van der Waals surface area contributed by atoms with Crippen molar-refractivity contribution in [1.29, 1.82) is 0 Å². The SMILES string of the molecule is FS(F)(F)(F)(/C=C(/Cl)C1CC1)c1ccc(Br)cn1. The number of nitrogens with zero attached hydrogens (tertiary/aromatic N) is 1. The molecule has 0 amide bonds. The standard InChI is InChI=1S/C10H9BrClF4NS/c11-8-3-4-10(17-5-8)18(13,14,15,16)6-9(12)7-1-2-7/h3-7H,1-2H2/b9-6+. The lowest BCUT2D eigenvalue weighted by molar-refractivity contribution is 0.458. The van der Waals surface area contributed by atoms with E-state index in [0.717, 1.165) is 12.3 Å². The Labute approximate surface area is 115 Å². The first-order valence-electron chi connectivity index (χ1n) is 5.01. The van der Waals surface area contributed by atoms with Gasteiger partial charge in [0.05, 0.1) is 5.41 Å². The zero-order chi connectivity index (χ0) is 13.7. The maximum absolute atomic E-state index is 13.8. The first-order chi connectivity index (χ1) is 8.00. The molecule has 102 valence electrons. The summed E-state index contributed by atoms with van der Waals surface area (Å²) in [6.45, 7) is 0. The number of pyridine rings is 1. The van der Waals surface area contributed by atoms with Gasteiger partial charge in [-0.05, 0) is 46.8 Å². The van der Waals surface area contributed by atoms with Gasteiger partial charge in [0.15, 0.2) is 5.03 Å². The van der Waals surface area contributed by atoms with Crippen LogP contribution in [0.3, 0.4) is 0 Å². The molecule has 1 aliphatic rings. The van der Waals surface area contributed by atoms with Crippen molar-refractivity contribution in [2.45, 2.75) is 17.9 Å². The van der Waals surface area contributed by atoms with Crippen LogP contribution in [0.1, 0.15) is 12.8 Å². The molecule has 1 fully saturated rings. The molecule has 1 aliphatic carbocycles. The van der Waals surface area contributed by atoms with E-state index in [1.54, 1.807) is 0 Å². The Hall–Kier alpha value is -0.270. The highest BCUT2D eigenvalue weighted by atomic mass is 79.9. The van der Waals surface area contributed by atoms with Gasteiger partial charge in [0.2, 0.25) is 9.84 Å². The molecule has 8 heteroatoms. The lowest BCUT2D eigenvalue weighted by Crippen LogP contribution is -2.12. The molecule has 0 saturated heterocycles. The molecule has 1 heterocycles. The summed E-state index contributed by atoms with van der Waals surface area (Å²) in [5.74, 6) is -0.366. The summed E-state index contributed by atoms with van der Waals surface area (Å²) in [7, 11) is -8.54. The molecule has 1 aromatic rings. The van der Waals surface area contributed by atoms with Gasteiger partial charge in [-0.3, -0.25) is 0 Å². The maximum Gasteiger partial charge on any atom is 0.219 e. The summed E-state index contributed by atoms with van der Waals surface area (Å²) < 4.78 is 55.7. The van der Waals surface area contributed by atoms with E-state index >= 15 is 0 Å². The van der Waals surface area contributed by atoms with Gasteiger partial charge in [-0.2, -0.15) is 0 Å². The van der Waals surface area contributed by atoms with Crippen molar-refractivity contribution in [2.75, 3.05) is 0 Å². The smallest absolute Gasteiger partial charge is 0.219 e. The number of halogens is 6. The van der Waals surface area contributed by atoms with E-state index in [4.69, 9.17) is 11.6 Å². The van der Waals surface area contributed by atoms with Crippen LogP contribution in [0.2, 0.25) is 0 Å². The largest absolute Gasteiger partial charge is 0.242 e. The van der Waals surface area contributed by atoms with E-state index < -0.39 is 19.9 Å². The number of hydrogen-bond acceptors (Lipinski definition) is 1. The zero-order valence-corrected chi connectivity index (χ0v) is 12.1. The molecular weight excluding hydrogens is 358 g/mol. The molecule has 0 aliphatic heterocycles. The van der Waals surface area contributed by atoms with Crippen molar-refractivity contribution in [2.24, 2.45) is 5.92 Å². The molecule has 1 nitrogen and oxygen atoms in total. The van der Waals surface area contributed by atoms with E-state index in [1.165, 1.54) is 0 Å². The quantitative estimate of drug-likeness (QED) is 0.588. The highest BCUT2D eigenvalue weighted by molar-refractivity contribution is 9.10. The van der Waals surface area contributed by atoms with Crippen molar-refractivity contribution in [3.8, 4) is 0 Å². The van der Waals surface area contributed by atoms with Crippen molar-refractivity contribution in [3.63, 3.8) is 0 Å². The Morgan fingerprint density at radius 1 is 1.33 bits per heavy atom. The van der Waals surface area contributed by atoms with E-state index in [9.17, 15) is 15.5 Å². The summed E-state index contributed by atoms with van der Waals surface area (Å²) >= 11 is 8.47. The first-order valence-corrected chi connectivity index (χ1v) is 8.30. The number of aromatic nitrogens is 1. The van der Waals surface area contributed by atoms with Gasteiger partial charge in [0.1, 0.15) is 0 Å². The van der Waals surface area contributed by atoms with E-state index in [2.05, 4.69) is 20.9 Å². The fraction of sp³-hybridized carbons (Fsp3) is 0.300. The maximum atomic E-state index is 13.8. The Balaban J connectivity index is 2.53. The molecule has 0 radical (unpaired) electrons. The van der Waals surface area contributed by atoms with Crippen molar-refractivity contribution >= 4 is 37.4 Å². The van der Waals surface area contributed by atoms with E-state index in [1.807, 2.05) is 0 Å². The van der Waals surface area contributed by atoms with Crippen LogP contribution in [0.4, 0.5) is 15.5 Å². The van der Waals surface area contributed by atoms with Crippen LogP contribution in [0.15, 0.2) is 38.3 Å². The Bertz CT molecular complexity index is 520. The summed E-state index contributed by atoms with van der Waals surface area (Å²) in [5, 5.41) is -2.37. The third-order valence-corrected chi connectivity index (χ3v) is 5.31. The summed E-state index contributed by atoms with van der Waals surface area (Å²) in [6, 6.07) is 1.71. The van der Waals surface area contributed by atoms with Crippen LogP contribution in [-0.2, 0) is 0 Å². The summed E-state index contributed by atoms with van der Waals surface area (Å²) in [6.07, 6.45) is 2.04. The second-order valence-electron chi connectivity index (χ2n) is 4.22. The molecule has 0 atom stereocenters. The van der Waals surface area contributed by atoms with Crippen LogP contribution in [0.5, 0.6) is 0 Å². The summed E-state index contributed by atoms with van der Waals surface area (Å²) in [4.78, 5) is 3.13. The fourth-order valence-corrected chi connectivity index (χ4v) is 3.74. The fourth-order valence-electron chi connectivity index (χ4n) is 1.36. The second-order valence-corrected chi connectivity index (χ2v) is 8.50. The lowest BCUT2D eigenvalue weighted by Gasteiger charge is -2.46. The van der Waals surface area contributed by atoms with Crippen LogP contribution < -0.4 is 0 Å². The normalized spacial score (nSPS) is 21.3. The average Bonchev–Trinajstić information content (AvgIpc) is 2.98. The third kappa shape index (κ3) is 3.00. The van der Waals surface area contributed by atoms with Crippen LogP contribution in [0.25, 0.3) is 0 Å². The Kier molecular flexibility index (Phi) is 2.86. The van der Waals surface area contributed by atoms with Crippen molar-refractivity contribution in [3.05, 3.63) is 33.2 Å². The average molecular weight is 367 g/mol. The minimum absolute atomic E-state index is 0.344. The van der Waals surface area contributed by atoms with Crippen molar-refractivity contribution in [1.82, 2.24) is 4.98 Å². The predicted octanol–water partition coefficient (Wildman–Crippen LogP) is 6.11. The minimum Gasteiger partial charge on any atom is -0.242 e. The van der Waals surface area contributed by atoms with E-state index in [0.29, 0.717) is 23.4 Å². The van der Waals surface area contributed by atoms with Crippen LogP contribution in [-0.4, -0.2) is 4.98 Å². The van der Waals surface area contributed by atoms with Gasteiger partial charge < -0.3 is 0 Å². The highest BCUT2D eigenvalue weighted by Crippen LogP contribution is 3.01. The van der Waals surface area contributed by atoms with Crippen LogP contribution >= 0.6 is 37.4 Å². The molecule has 0 aromatic carbocycles. The lowest BCUT2D eigenvalue weighted by atomic mass is 10.4. The topological polar surface area (TPSA) is 12.9 Å². The molecule has 1 aromatic heterocycles. The molecule has 0 unspecified atom stereocenters. The minimum atomic E-state index is -8.54. The van der Waals surface area contributed by atoms with Gasteiger partial charge in [-0.1, -0.05) is 11.6 Å². The van der Waals surface area contributed by atoms with Crippen molar-refractivity contribution < 1.29 is 15.5 Å². The third-order valence-electron chi connectivity index (χ3n) is 2.45. The molecule has 0 spiro atoms. The van der Waals surface area contributed by atoms with Crippen LogP contribution in [0, 0.1) is 5.92 Å². The predicted molar refractivity (Wildman–Crippen MR) is 68.9 cm³/mol. The monoisotopic (exact) mass is 365 g/mol. The number of hydrogen-bond donors (Lipinski definition) is 0. The van der Waals surface area contributed by atoms with Gasteiger partial charge >= 0.3 is 0 Å². The Morgan fingerprint density at radius 3 is 2.39 bits per heavy atom. The molecule has 0 N–H and O–H groups in total. The number of allylic oxidation sites excluding steroid dienone is 1. The van der Waals surface area contributed by atoms with Gasteiger partial charge in [0, 0.05) is 15.7 Å². The first kappa shape index (κ1) is 14.1. The zero-order valence-electron chi connectivity index (χ0n) is 8.92. The highest BCUT2D eigenvalue weighted by Gasteiger charge is 2.64. The van der Waals surface area contributed by atoms with E-state index in [-0.39, 0.29) is 11.3 Å². The molecule has 1 saturated carbocycles. The number of rotatable bonds is 3. The molecule has 0 bridgehead atoms. The van der Waals surface area contributed by atoms with Gasteiger partial charge in [-0.25, -0.2) is 4.98 Å². The molecular formula is C10H9BrClF4NS. The molecule has 2 rings (SSSR count). The molecule has 18 heavy (non-hydrogen) atoms. The van der Waals surface area contributed by atoms with Gasteiger partial charge in [0.25, 0.3) is 0 Å². The van der Waals surface area contributed by atoms with Gasteiger partial charge in [-0.15, -0.1) is 15.5 Å².